The zero-order valence-corrected chi connectivity index (χ0v) is 12.8. The van der Waals surface area contributed by atoms with Crippen molar-refractivity contribution in [1.29, 1.82) is 0 Å². The SMILES string of the molecule is O=C(c1ccsc1)N1C[C@H]2CCN(CC3CC3)C(=O)[C@@H]2C1. The summed E-state index contributed by atoms with van der Waals surface area (Å²) in [5.74, 6) is 1.54. The highest BCUT2D eigenvalue weighted by Gasteiger charge is 2.45. The molecule has 2 aliphatic heterocycles. The van der Waals surface area contributed by atoms with Gasteiger partial charge in [0.25, 0.3) is 5.91 Å². The molecule has 3 aliphatic rings. The molecule has 4 rings (SSSR count). The highest BCUT2D eigenvalue weighted by atomic mass is 32.1. The van der Waals surface area contributed by atoms with Crippen LogP contribution in [0, 0.1) is 17.8 Å². The summed E-state index contributed by atoms with van der Waals surface area (Å²) < 4.78 is 0. The van der Waals surface area contributed by atoms with Crippen molar-refractivity contribution in [2.75, 3.05) is 26.2 Å². The summed E-state index contributed by atoms with van der Waals surface area (Å²) in [5.41, 5.74) is 0.765. The second-order valence-corrected chi connectivity index (χ2v) is 7.39. The zero-order valence-electron chi connectivity index (χ0n) is 12.0. The monoisotopic (exact) mass is 304 g/mol. The van der Waals surface area contributed by atoms with Gasteiger partial charge in [0.1, 0.15) is 0 Å². The predicted molar refractivity (Wildman–Crippen MR) is 81.1 cm³/mol. The van der Waals surface area contributed by atoms with Crippen molar-refractivity contribution in [2.24, 2.45) is 17.8 Å². The van der Waals surface area contributed by atoms with Crippen molar-refractivity contribution in [2.45, 2.75) is 19.3 Å². The second kappa shape index (κ2) is 5.13. The van der Waals surface area contributed by atoms with Crippen molar-refractivity contribution < 1.29 is 9.59 Å². The standard InChI is InChI=1S/C16H20N2O2S/c19-15(13-4-6-21-10-13)18-8-12-3-5-17(7-11-1-2-11)16(20)14(12)9-18/h4,6,10-12,14H,1-3,5,7-9H2/t12-,14-/m1/s1. The minimum absolute atomic E-state index is 0.0417. The molecule has 0 spiro atoms. The third-order valence-corrected chi connectivity index (χ3v) is 5.75. The molecule has 3 fully saturated rings. The number of amides is 2. The molecule has 1 aromatic heterocycles. The van der Waals surface area contributed by atoms with E-state index in [2.05, 4.69) is 4.90 Å². The maximum absolute atomic E-state index is 12.6. The number of carbonyl (C=O) groups excluding carboxylic acids is 2. The summed E-state index contributed by atoms with van der Waals surface area (Å²) in [5, 5.41) is 3.82. The summed E-state index contributed by atoms with van der Waals surface area (Å²) >= 11 is 1.54. The van der Waals surface area contributed by atoms with Gasteiger partial charge >= 0.3 is 0 Å². The van der Waals surface area contributed by atoms with E-state index in [-0.39, 0.29) is 11.8 Å². The fourth-order valence-electron chi connectivity index (χ4n) is 3.64. The Balaban J connectivity index is 1.44. The molecule has 2 atom stereocenters. The number of carbonyl (C=O) groups is 2. The molecule has 0 N–H and O–H groups in total. The first-order valence-electron chi connectivity index (χ1n) is 7.82. The Kier molecular flexibility index (Phi) is 3.25. The summed E-state index contributed by atoms with van der Waals surface area (Å²) in [6, 6.07) is 1.87. The van der Waals surface area contributed by atoms with Crippen LogP contribution < -0.4 is 0 Å². The maximum atomic E-state index is 12.6. The van der Waals surface area contributed by atoms with Crippen LogP contribution in [0.25, 0.3) is 0 Å². The number of fused-ring (bicyclic) bond motifs is 1. The van der Waals surface area contributed by atoms with Crippen LogP contribution >= 0.6 is 11.3 Å². The van der Waals surface area contributed by atoms with Gasteiger partial charge in [-0.25, -0.2) is 0 Å². The molecule has 21 heavy (non-hydrogen) atoms. The third kappa shape index (κ3) is 2.48. The molecule has 2 amide bonds. The summed E-state index contributed by atoms with van der Waals surface area (Å²) in [4.78, 5) is 29.0. The highest BCUT2D eigenvalue weighted by molar-refractivity contribution is 7.08. The Hall–Kier alpha value is -1.36. The lowest BCUT2D eigenvalue weighted by molar-refractivity contribution is -0.139. The van der Waals surface area contributed by atoms with Crippen LogP contribution in [0.3, 0.4) is 0 Å². The summed E-state index contributed by atoms with van der Waals surface area (Å²) in [6.45, 7) is 3.19. The minimum Gasteiger partial charge on any atom is -0.342 e. The largest absolute Gasteiger partial charge is 0.342 e. The van der Waals surface area contributed by atoms with Crippen LogP contribution in [0.15, 0.2) is 16.8 Å². The van der Waals surface area contributed by atoms with Crippen LogP contribution in [0.2, 0.25) is 0 Å². The maximum Gasteiger partial charge on any atom is 0.254 e. The van der Waals surface area contributed by atoms with Crippen molar-refractivity contribution in [3.8, 4) is 0 Å². The number of nitrogens with zero attached hydrogens (tertiary/aromatic N) is 2. The van der Waals surface area contributed by atoms with E-state index in [1.54, 1.807) is 11.3 Å². The molecule has 0 radical (unpaired) electrons. The summed E-state index contributed by atoms with van der Waals surface area (Å²) in [6.07, 6.45) is 3.61. The first-order chi connectivity index (χ1) is 10.2. The number of hydrogen-bond acceptors (Lipinski definition) is 3. The molecular formula is C16H20N2O2S. The van der Waals surface area contributed by atoms with Crippen LogP contribution in [-0.2, 0) is 4.79 Å². The third-order valence-electron chi connectivity index (χ3n) is 5.07. The predicted octanol–water partition coefficient (Wildman–Crippen LogP) is 2.08. The smallest absolute Gasteiger partial charge is 0.254 e. The van der Waals surface area contributed by atoms with Gasteiger partial charge in [-0.3, -0.25) is 9.59 Å². The number of thiophene rings is 1. The normalized spacial score (nSPS) is 28.9. The first kappa shape index (κ1) is 13.3. The molecule has 1 aromatic rings. The van der Waals surface area contributed by atoms with Gasteiger partial charge in [0.2, 0.25) is 5.91 Å². The van der Waals surface area contributed by atoms with E-state index in [0.29, 0.717) is 18.4 Å². The lowest BCUT2D eigenvalue weighted by Crippen LogP contribution is -2.46. The Morgan fingerprint density at radius 1 is 1.29 bits per heavy atom. The van der Waals surface area contributed by atoms with E-state index in [4.69, 9.17) is 0 Å². The van der Waals surface area contributed by atoms with Crippen molar-refractivity contribution in [3.05, 3.63) is 22.4 Å². The number of piperidine rings is 1. The number of hydrogen-bond donors (Lipinski definition) is 0. The summed E-state index contributed by atoms with van der Waals surface area (Å²) in [7, 11) is 0. The fraction of sp³-hybridized carbons (Fsp3) is 0.625. The van der Waals surface area contributed by atoms with E-state index >= 15 is 0 Å². The molecule has 3 heterocycles. The molecule has 1 saturated carbocycles. The van der Waals surface area contributed by atoms with E-state index < -0.39 is 0 Å². The molecule has 1 aliphatic carbocycles. The van der Waals surface area contributed by atoms with Crippen molar-refractivity contribution in [3.63, 3.8) is 0 Å². The molecule has 5 heteroatoms. The average molecular weight is 304 g/mol. The van der Waals surface area contributed by atoms with E-state index in [1.807, 2.05) is 21.7 Å². The Bertz CT molecular complexity index is 553. The Labute approximate surface area is 128 Å². The topological polar surface area (TPSA) is 40.6 Å². The molecule has 112 valence electrons. The van der Waals surface area contributed by atoms with Crippen LogP contribution in [0.4, 0.5) is 0 Å². The van der Waals surface area contributed by atoms with Gasteiger partial charge in [0.15, 0.2) is 0 Å². The lowest BCUT2D eigenvalue weighted by Gasteiger charge is -2.33. The molecule has 2 saturated heterocycles. The first-order valence-corrected chi connectivity index (χ1v) is 8.77. The van der Waals surface area contributed by atoms with Gasteiger partial charge in [0, 0.05) is 31.6 Å². The van der Waals surface area contributed by atoms with Gasteiger partial charge in [-0.05, 0) is 42.5 Å². The molecule has 4 nitrogen and oxygen atoms in total. The Morgan fingerprint density at radius 2 is 2.14 bits per heavy atom. The Morgan fingerprint density at radius 3 is 2.86 bits per heavy atom. The van der Waals surface area contributed by atoms with Crippen LogP contribution in [0.5, 0.6) is 0 Å². The highest BCUT2D eigenvalue weighted by Crippen LogP contribution is 2.36. The average Bonchev–Trinajstić information content (AvgIpc) is 2.99. The van der Waals surface area contributed by atoms with Gasteiger partial charge in [-0.1, -0.05) is 0 Å². The van der Waals surface area contributed by atoms with Crippen molar-refractivity contribution in [1.82, 2.24) is 9.80 Å². The molecule has 0 unspecified atom stereocenters. The molecule has 0 bridgehead atoms. The van der Waals surface area contributed by atoms with Gasteiger partial charge < -0.3 is 9.80 Å². The van der Waals surface area contributed by atoms with E-state index in [1.165, 1.54) is 12.8 Å². The van der Waals surface area contributed by atoms with E-state index in [0.717, 1.165) is 37.5 Å². The minimum atomic E-state index is 0.0417. The number of likely N-dealkylation sites (tertiary alicyclic amines) is 2. The van der Waals surface area contributed by atoms with Gasteiger partial charge in [-0.15, -0.1) is 0 Å². The number of rotatable bonds is 3. The molecular weight excluding hydrogens is 284 g/mol. The fourth-order valence-corrected chi connectivity index (χ4v) is 4.27. The molecule has 0 aromatic carbocycles. The van der Waals surface area contributed by atoms with Gasteiger partial charge in [0.05, 0.1) is 11.5 Å². The quantitative estimate of drug-likeness (QED) is 0.858. The van der Waals surface area contributed by atoms with Gasteiger partial charge in [-0.2, -0.15) is 11.3 Å². The van der Waals surface area contributed by atoms with Crippen molar-refractivity contribution >= 4 is 23.2 Å². The van der Waals surface area contributed by atoms with Crippen LogP contribution in [-0.4, -0.2) is 47.8 Å². The van der Waals surface area contributed by atoms with Crippen LogP contribution in [0.1, 0.15) is 29.6 Å². The zero-order chi connectivity index (χ0) is 14.4. The lowest BCUT2D eigenvalue weighted by atomic mass is 9.88. The second-order valence-electron chi connectivity index (χ2n) is 6.61. The van der Waals surface area contributed by atoms with E-state index in [9.17, 15) is 9.59 Å².